The number of nitrogens with zero attached hydrogens (tertiary/aromatic N) is 1. The summed E-state index contributed by atoms with van der Waals surface area (Å²) in [6.07, 6.45) is 1.99. The normalized spacial score (nSPS) is 16.5. The van der Waals surface area contributed by atoms with Gasteiger partial charge < -0.3 is 10.0 Å². The van der Waals surface area contributed by atoms with Crippen LogP contribution in [0, 0.1) is 12.7 Å². The fraction of sp³-hybridized carbons (Fsp3) is 0.450. The molecule has 1 N–H and O–H groups in total. The summed E-state index contributed by atoms with van der Waals surface area (Å²) in [6, 6.07) is 10.4. The molecule has 0 spiro atoms. The Morgan fingerprint density at radius 1 is 1.32 bits per heavy atom. The number of aliphatic hydroxyl groups excluding tert-OH is 1. The van der Waals surface area contributed by atoms with E-state index in [0.717, 1.165) is 4.88 Å². The number of hydrogen-bond donors (Lipinski definition) is 1. The summed E-state index contributed by atoms with van der Waals surface area (Å²) in [5.41, 5.74) is -0.277. The number of hydrogen-bond acceptors (Lipinski definition) is 3. The predicted octanol–water partition coefficient (Wildman–Crippen LogP) is 4.03. The van der Waals surface area contributed by atoms with E-state index in [0.29, 0.717) is 31.4 Å². The molecule has 1 aromatic heterocycles. The Kier molecular flexibility index (Phi) is 5.25. The van der Waals surface area contributed by atoms with Crippen LogP contribution in [-0.2, 0) is 16.8 Å². The number of aryl methyl sites for hydroxylation is 1. The second-order valence-electron chi connectivity index (χ2n) is 6.75. The molecule has 1 saturated carbocycles. The molecule has 1 atom stereocenters. The molecule has 2 aromatic rings. The van der Waals surface area contributed by atoms with Gasteiger partial charge in [-0.1, -0.05) is 25.1 Å². The smallest absolute Gasteiger partial charge is 0.233 e. The van der Waals surface area contributed by atoms with Crippen LogP contribution in [0.2, 0.25) is 0 Å². The van der Waals surface area contributed by atoms with Gasteiger partial charge in [-0.2, -0.15) is 0 Å². The maximum absolute atomic E-state index is 14.3. The van der Waals surface area contributed by atoms with E-state index < -0.39 is 5.41 Å². The van der Waals surface area contributed by atoms with Crippen molar-refractivity contribution in [2.75, 3.05) is 6.61 Å². The molecule has 1 fully saturated rings. The molecule has 1 unspecified atom stereocenters. The lowest BCUT2D eigenvalue weighted by molar-refractivity contribution is -0.138. The number of carbonyl (C=O) groups excluding carboxylic acids is 1. The maximum atomic E-state index is 14.3. The maximum Gasteiger partial charge on any atom is 0.233 e. The quantitative estimate of drug-likeness (QED) is 0.809. The number of benzene rings is 1. The largest absolute Gasteiger partial charge is 0.394 e. The molecule has 3 nitrogen and oxygen atoms in total. The summed E-state index contributed by atoms with van der Waals surface area (Å²) in [5.74, 6) is -0.387. The highest BCUT2D eigenvalue weighted by Crippen LogP contribution is 2.51. The first-order chi connectivity index (χ1) is 12.0. The Labute approximate surface area is 152 Å². The fourth-order valence-electron chi connectivity index (χ4n) is 3.40. The highest BCUT2D eigenvalue weighted by molar-refractivity contribution is 7.11. The van der Waals surface area contributed by atoms with Crippen molar-refractivity contribution in [1.29, 1.82) is 0 Å². The lowest BCUT2D eigenvalue weighted by Gasteiger charge is -2.33. The third-order valence-corrected chi connectivity index (χ3v) is 6.04. The van der Waals surface area contributed by atoms with Gasteiger partial charge in [-0.25, -0.2) is 4.39 Å². The van der Waals surface area contributed by atoms with E-state index in [1.807, 2.05) is 26.0 Å². The SMILES string of the molecule is CCC(CO)N(Cc1ccc(C)s1)C(=O)C1(c2ccccc2F)CC1. The van der Waals surface area contributed by atoms with Gasteiger partial charge in [0.1, 0.15) is 5.82 Å². The number of halogens is 1. The van der Waals surface area contributed by atoms with Crippen molar-refractivity contribution in [3.8, 4) is 0 Å². The molecular formula is C20H24FNO2S. The second kappa shape index (κ2) is 7.26. The first kappa shape index (κ1) is 18.1. The van der Waals surface area contributed by atoms with Gasteiger partial charge in [0, 0.05) is 15.3 Å². The van der Waals surface area contributed by atoms with Crippen LogP contribution in [-0.4, -0.2) is 28.6 Å². The molecule has 0 saturated heterocycles. The molecule has 134 valence electrons. The summed E-state index contributed by atoms with van der Waals surface area (Å²) in [4.78, 5) is 17.4. The fourth-order valence-corrected chi connectivity index (χ4v) is 4.29. The van der Waals surface area contributed by atoms with Crippen LogP contribution in [0.3, 0.4) is 0 Å². The summed E-state index contributed by atoms with van der Waals surface area (Å²) >= 11 is 1.65. The first-order valence-corrected chi connectivity index (χ1v) is 9.55. The number of thiophene rings is 1. The highest BCUT2D eigenvalue weighted by Gasteiger charge is 2.55. The Balaban J connectivity index is 1.92. The minimum atomic E-state index is -0.764. The molecule has 1 aliphatic carbocycles. The summed E-state index contributed by atoms with van der Waals surface area (Å²) in [5, 5.41) is 9.78. The van der Waals surface area contributed by atoms with Crippen molar-refractivity contribution in [1.82, 2.24) is 4.90 Å². The number of aliphatic hydroxyl groups is 1. The van der Waals surface area contributed by atoms with Crippen molar-refractivity contribution in [3.63, 3.8) is 0 Å². The van der Waals surface area contributed by atoms with Crippen molar-refractivity contribution < 1.29 is 14.3 Å². The van der Waals surface area contributed by atoms with Crippen molar-refractivity contribution in [3.05, 3.63) is 57.5 Å². The molecule has 1 aliphatic rings. The summed E-state index contributed by atoms with van der Waals surface area (Å²) in [6.45, 7) is 4.38. The monoisotopic (exact) mass is 361 g/mol. The van der Waals surface area contributed by atoms with Gasteiger partial charge in [0.15, 0.2) is 0 Å². The topological polar surface area (TPSA) is 40.5 Å². The predicted molar refractivity (Wildman–Crippen MR) is 98.1 cm³/mol. The van der Waals surface area contributed by atoms with E-state index in [-0.39, 0.29) is 24.4 Å². The molecule has 0 aliphatic heterocycles. The van der Waals surface area contributed by atoms with E-state index in [1.165, 1.54) is 10.9 Å². The molecule has 25 heavy (non-hydrogen) atoms. The van der Waals surface area contributed by atoms with Crippen LogP contribution < -0.4 is 0 Å². The van der Waals surface area contributed by atoms with Crippen LogP contribution >= 0.6 is 11.3 Å². The standard InChI is InChI=1S/C20H24FNO2S/c1-3-15(13-23)22(12-16-9-8-14(2)25-16)19(24)20(10-11-20)17-6-4-5-7-18(17)21/h4-9,15,23H,3,10-13H2,1-2H3. The van der Waals surface area contributed by atoms with Gasteiger partial charge in [-0.3, -0.25) is 4.79 Å². The van der Waals surface area contributed by atoms with E-state index >= 15 is 0 Å². The van der Waals surface area contributed by atoms with Crippen LogP contribution in [0.1, 0.15) is 41.5 Å². The first-order valence-electron chi connectivity index (χ1n) is 8.74. The second-order valence-corrected chi connectivity index (χ2v) is 8.12. The average Bonchev–Trinajstić information content (AvgIpc) is 3.31. The number of rotatable bonds is 7. The minimum Gasteiger partial charge on any atom is -0.394 e. The summed E-state index contributed by atoms with van der Waals surface area (Å²) in [7, 11) is 0. The lowest BCUT2D eigenvalue weighted by Crippen LogP contribution is -2.46. The third kappa shape index (κ3) is 3.48. The highest BCUT2D eigenvalue weighted by atomic mass is 32.1. The molecular weight excluding hydrogens is 337 g/mol. The van der Waals surface area contributed by atoms with Crippen molar-refractivity contribution in [2.24, 2.45) is 0 Å². The van der Waals surface area contributed by atoms with E-state index in [1.54, 1.807) is 34.4 Å². The van der Waals surface area contributed by atoms with Gasteiger partial charge >= 0.3 is 0 Å². The van der Waals surface area contributed by atoms with E-state index in [9.17, 15) is 14.3 Å². The Morgan fingerprint density at radius 3 is 2.56 bits per heavy atom. The third-order valence-electron chi connectivity index (χ3n) is 5.05. The Hall–Kier alpha value is -1.72. The molecule has 1 aromatic carbocycles. The molecule has 1 amide bonds. The lowest BCUT2D eigenvalue weighted by atomic mass is 9.92. The minimum absolute atomic E-state index is 0.0652. The van der Waals surface area contributed by atoms with Crippen LogP contribution in [0.5, 0.6) is 0 Å². The zero-order chi connectivity index (χ0) is 18.0. The van der Waals surface area contributed by atoms with Gasteiger partial charge in [0.2, 0.25) is 5.91 Å². The van der Waals surface area contributed by atoms with Crippen molar-refractivity contribution >= 4 is 17.2 Å². The average molecular weight is 361 g/mol. The van der Waals surface area contributed by atoms with Crippen LogP contribution in [0.4, 0.5) is 4.39 Å². The van der Waals surface area contributed by atoms with Gasteiger partial charge in [-0.15, -0.1) is 11.3 Å². The number of amides is 1. The van der Waals surface area contributed by atoms with Gasteiger partial charge in [0.05, 0.1) is 24.6 Å². The zero-order valence-electron chi connectivity index (χ0n) is 14.7. The molecule has 5 heteroatoms. The van der Waals surface area contributed by atoms with Gasteiger partial charge in [0.25, 0.3) is 0 Å². The molecule has 0 radical (unpaired) electrons. The molecule has 1 heterocycles. The van der Waals surface area contributed by atoms with Gasteiger partial charge in [-0.05, 0) is 44.4 Å². The van der Waals surface area contributed by atoms with Crippen LogP contribution in [0.25, 0.3) is 0 Å². The van der Waals surface area contributed by atoms with E-state index in [2.05, 4.69) is 0 Å². The van der Waals surface area contributed by atoms with Crippen molar-refractivity contribution in [2.45, 2.75) is 51.1 Å². The summed E-state index contributed by atoms with van der Waals surface area (Å²) < 4.78 is 14.3. The zero-order valence-corrected chi connectivity index (χ0v) is 15.5. The Bertz CT molecular complexity index is 750. The van der Waals surface area contributed by atoms with E-state index in [4.69, 9.17) is 0 Å². The molecule has 3 rings (SSSR count). The number of carbonyl (C=O) groups is 1. The molecule has 0 bridgehead atoms. The Morgan fingerprint density at radius 2 is 2.04 bits per heavy atom. The van der Waals surface area contributed by atoms with Crippen LogP contribution in [0.15, 0.2) is 36.4 Å².